The van der Waals surface area contributed by atoms with Gasteiger partial charge in [-0.1, -0.05) is 23.7 Å². The average Bonchev–Trinajstić information content (AvgIpc) is 2.44. The first kappa shape index (κ1) is 15.8. The summed E-state index contributed by atoms with van der Waals surface area (Å²) >= 11 is 5.82. The van der Waals surface area contributed by atoms with Gasteiger partial charge in [-0.05, 0) is 12.1 Å². The fourth-order valence-corrected chi connectivity index (χ4v) is 1.30. The number of hydrogen-bond donors (Lipinski definition) is 2. The highest BCUT2D eigenvalue weighted by molar-refractivity contribution is 6.32. The Labute approximate surface area is 120 Å². The second-order valence-electron chi connectivity index (χ2n) is 3.51. The van der Waals surface area contributed by atoms with Gasteiger partial charge in [0.05, 0.1) is 5.02 Å². The van der Waals surface area contributed by atoms with E-state index in [1.807, 2.05) is 5.32 Å². The summed E-state index contributed by atoms with van der Waals surface area (Å²) in [7, 11) is 1.35. The average molecular weight is 301 g/mol. The van der Waals surface area contributed by atoms with E-state index < -0.39 is 31.1 Å². The number of carbonyl (C=O) groups excluding carboxylic acids is 3. The molecule has 0 heterocycles. The van der Waals surface area contributed by atoms with Crippen LogP contribution in [0.25, 0.3) is 0 Å². The Kier molecular flexibility index (Phi) is 6.31. The fraction of sp³-hybridized carbons (Fsp3) is 0.250. The maximum Gasteiger partial charge on any atom is 0.344 e. The summed E-state index contributed by atoms with van der Waals surface area (Å²) in [5.74, 6) is -1.16. The summed E-state index contributed by atoms with van der Waals surface area (Å²) in [6.07, 6.45) is 0. The first-order chi connectivity index (χ1) is 9.52. The van der Waals surface area contributed by atoms with Crippen LogP contribution in [0.1, 0.15) is 0 Å². The van der Waals surface area contributed by atoms with Gasteiger partial charge in [0, 0.05) is 7.05 Å². The number of ether oxygens (including phenoxy) is 2. The van der Waals surface area contributed by atoms with Crippen molar-refractivity contribution in [1.82, 2.24) is 10.6 Å². The lowest BCUT2D eigenvalue weighted by Crippen LogP contribution is -2.40. The number of amides is 3. The van der Waals surface area contributed by atoms with Gasteiger partial charge in [0.25, 0.3) is 5.91 Å². The van der Waals surface area contributed by atoms with Crippen LogP contribution >= 0.6 is 11.6 Å². The molecule has 0 radical (unpaired) electrons. The van der Waals surface area contributed by atoms with E-state index in [0.717, 1.165) is 0 Å². The lowest BCUT2D eigenvalue weighted by Gasteiger charge is -2.08. The smallest absolute Gasteiger partial charge is 0.344 e. The van der Waals surface area contributed by atoms with Gasteiger partial charge in [0.15, 0.2) is 13.2 Å². The predicted molar refractivity (Wildman–Crippen MR) is 70.5 cm³/mol. The van der Waals surface area contributed by atoms with Crippen LogP contribution in [0.4, 0.5) is 4.79 Å². The first-order valence-corrected chi connectivity index (χ1v) is 5.95. The highest BCUT2D eigenvalue weighted by Crippen LogP contribution is 2.22. The molecule has 1 aromatic carbocycles. The van der Waals surface area contributed by atoms with Gasteiger partial charge in [0.2, 0.25) is 0 Å². The zero-order chi connectivity index (χ0) is 15.0. The van der Waals surface area contributed by atoms with E-state index in [0.29, 0.717) is 10.8 Å². The van der Waals surface area contributed by atoms with Crippen LogP contribution in [0.3, 0.4) is 0 Å². The van der Waals surface area contributed by atoms with Crippen LogP contribution in [0.15, 0.2) is 24.3 Å². The van der Waals surface area contributed by atoms with Gasteiger partial charge in [-0.2, -0.15) is 0 Å². The van der Waals surface area contributed by atoms with Crippen LogP contribution < -0.4 is 15.4 Å². The van der Waals surface area contributed by atoms with E-state index >= 15 is 0 Å². The van der Waals surface area contributed by atoms with Crippen molar-refractivity contribution in [1.29, 1.82) is 0 Å². The molecule has 8 heteroatoms. The van der Waals surface area contributed by atoms with Crippen molar-refractivity contribution >= 4 is 29.5 Å². The summed E-state index contributed by atoms with van der Waals surface area (Å²) in [4.78, 5) is 33.2. The van der Waals surface area contributed by atoms with Gasteiger partial charge in [-0.3, -0.25) is 10.1 Å². The van der Waals surface area contributed by atoms with E-state index in [4.69, 9.17) is 16.3 Å². The number of hydrogen-bond acceptors (Lipinski definition) is 5. The Morgan fingerprint density at radius 1 is 1.20 bits per heavy atom. The molecule has 3 amide bonds. The van der Waals surface area contributed by atoms with Gasteiger partial charge >= 0.3 is 12.0 Å². The number of esters is 1. The Hall–Kier alpha value is -2.28. The maximum atomic E-state index is 11.3. The number of rotatable bonds is 5. The zero-order valence-corrected chi connectivity index (χ0v) is 11.4. The molecule has 7 nitrogen and oxygen atoms in total. The Morgan fingerprint density at radius 3 is 2.55 bits per heavy atom. The molecule has 0 aliphatic rings. The summed E-state index contributed by atoms with van der Waals surface area (Å²) in [6.45, 7) is -0.963. The number of imide groups is 1. The first-order valence-electron chi connectivity index (χ1n) is 5.57. The minimum absolute atomic E-state index is 0.334. The summed E-state index contributed by atoms with van der Waals surface area (Å²) in [5, 5.41) is 4.48. The molecule has 2 N–H and O–H groups in total. The SMILES string of the molecule is CNC(=O)NC(=O)COC(=O)COc1ccccc1Cl. The highest BCUT2D eigenvalue weighted by atomic mass is 35.5. The minimum Gasteiger partial charge on any atom is -0.480 e. The molecule has 0 fully saturated rings. The number of benzene rings is 1. The van der Waals surface area contributed by atoms with E-state index in [1.165, 1.54) is 7.05 Å². The molecule has 0 aromatic heterocycles. The third-order valence-corrected chi connectivity index (χ3v) is 2.34. The summed E-state index contributed by atoms with van der Waals surface area (Å²) in [5.41, 5.74) is 0. The Bertz CT molecular complexity index is 506. The predicted octanol–water partition coefficient (Wildman–Crippen LogP) is 0.718. The third-order valence-electron chi connectivity index (χ3n) is 2.03. The minimum atomic E-state index is -0.753. The van der Waals surface area contributed by atoms with Crippen molar-refractivity contribution in [3.05, 3.63) is 29.3 Å². The number of halogens is 1. The molecule has 0 saturated heterocycles. The molecule has 0 aliphatic carbocycles. The molecule has 1 rings (SSSR count). The van der Waals surface area contributed by atoms with Crippen LogP contribution in [0, 0.1) is 0 Å². The molecule has 0 saturated carbocycles. The number of nitrogens with one attached hydrogen (secondary N) is 2. The number of urea groups is 1. The highest BCUT2D eigenvalue weighted by Gasteiger charge is 2.11. The molecule has 1 aromatic rings. The largest absolute Gasteiger partial charge is 0.480 e. The van der Waals surface area contributed by atoms with Gasteiger partial charge in [-0.25, -0.2) is 9.59 Å². The molecular weight excluding hydrogens is 288 g/mol. The molecule has 108 valence electrons. The van der Waals surface area contributed by atoms with E-state index in [-0.39, 0.29) is 0 Å². The number of carbonyl (C=O) groups is 3. The molecule has 0 unspecified atom stereocenters. The molecule has 0 spiro atoms. The Balaban J connectivity index is 2.29. The molecule has 0 aliphatic heterocycles. The normalized spacial score (nSPS) is 9.50. The standard InChI is InChI=1S/C12H13ClN2O5/c1-14-12(18)15-10(16)6-20-11(17)7-19-9-5-3-2-4-8(9)13/h2-5H,6-7H2,1H3,(H2,14,15,16,18). The quantitative estimate of drug-likeness (QED) is 0.781. The van der Waals surface area contributed by atoms with Crippen molar-refractivity contribution in [3.8, 4) is 5.75 Å². The molecule has 0 bridgehead atoms. The van der Waals surface area contributed by atoms with Crippen molar-refractivity contribution in [2.45, 2.75) is 0 Å². The van der Waals surface area contributed by atoms with E-state index in [1.54, 1.807) is 24.3 Å². The van der Waals surface area contributed by atoms with Gasteiger partial charge in [-0.15, -0.1) is 0 Å². The third kappa shape index (κ3) is 5.57. The second kappa shape index (κ2) is 8.00. The van der Waals surface area contributed by atoms with Crippen LogP contribution in [-0.2, 0) is 14.3 Å². The molecule has 0 atom stereocenters. The van der Waals surface area contributed by atoms with E-state index in [9.17, 15) is 14.4 Å². The van der Waals surface area contributed by atoms with Crippen LogP contribution in [0.2, 0.25) is 5.02 Å². The maximum absolute atomic E-state index is 11.3. The second-order valence-corrected chi connectivity index (χ2v) is 3.91. The van der Waals surface area contributed by atoms with Gasteiger partial charge < -0.3 is 14.8 Å². The lowest BCUT2D eigenvalue weighted by molar-refractivity contribution is -0.150. The van der Waals surface area contributed by atoms with Crippen LogP contribution in [-0.4, -0.2) is 38.2 Å². The number of para-hydroxylation sites is 1. The lowest BCUT2D eigenvalue weighted by atomic mass is 10.3. The Morgan fingerprint density at radius 2 is 1.90 bits per heavy atom. The van der Waals surface area contributed by atoms with Crippen molar-refractivity contribution in [3.63, 3.8) is 0 Å². The van der Waals surface area contributed by atoms with Crippen molar-refractivity contribution in [2.24, 2.45) is 0 Å². The fourth-order valence-electron chi connectivity index (χ4n) is 1.11. The van der Waals surface area contributed by atoms with Gasteiger partial charge in [0.1, 0.15) is 5.75 Å². The van der Waals surface area contributed by atoms with E-state index in [2.05, 4.69) is 10.1 Å². The van der Waals surface area contributed by atoms with Crippen molar-refractivity contribution in [2.75, 3.05) is 20.3 Å². The summed E-state index contributed by atoms with van der Waals surface area (Å²) < 4.78 is 9.73. The molecular formula is C12H13ClN2O5. The van der Waals surface area contributed by atoms with Crippen LogP contribution in [0.5, 0.6) is 5.75 Å². The topological polar surface area (TPSA) is 93.7 Å². The zero-order valence-electron chi connectivity index (χ0n) is 10.6. The summed E-state index contributed by atoms with van der Waals surface area (Å²) in [6, 6.07) is 5.94. The monoisotopic (exact) mass is 300 g/mol. The van der Waals surface area contributed by atoms with Crippen molar-refractivity contribution < 1.29 is 23.9 Å². The molecule has 20 heavy (non-hydrogen) atoms.